The highest BCUT2D eigenvalue weighted by molar-refractivity contribution is 5.89. The summed E-state index contributed by atoms with van der Waals surface area (Å²) in [5.41, 5.74) is 2.59. The highest BCUT2D eigenvalue weighted by atomic mass is 16.5. The van der Waals surface area contributed by atoms with Gasteiger partial charge in [-0.1, -0.05) is 30.6 Å². The summed E-state index contributed by atoms with van der Waals surface area (Å²) in [4.78, 5) is 24.3. The zero-order valence-corrected chi connectivity index (χ0v) is 19.2. The number of unbranched alkanes of at least 4 members (excludes halogenated alkanes) is 1. The zero-order valence-electron chi connectivity index (χ0n) is 19.2. The van der Waals surface area contributed by atoms with Gasteiger partial charge in [0, 0.05) is 24.9 Å². The lowest BCUT2D eigenvalue weighted by Gasteiger charge is -2.15. The molecule has 6 heteroatoms. The summed E-state index contributed by atoms with van der Waals surface area (Å²) in [6.07, 6.45) is 7.93. The molecule has 0 amide bonds. The first-order valence-electron chi connectivity index (χ1n) is 10.7. The molecule has 0 radical (unpaired) electrons. The van der Waals surface area contributed by atoms with Gasteiger partial charge in [-0.2, -0.15) is 0 Å². The Morgan fingerprint density at radius 1 is 1.16 bits per heavy atom. The van der Waals surface area contributed by atoms with Gasteiger partial charge in [-0.25, -0.2) is 0 Å². The number of fused-ring (bicyclic) bond motifs is 1. The molecule has 1 heterocycles. The number of esters is 1. The fourth-order valence-corrected chi connectivity index (χ4v) is 3.23. The van der Waals surface area contributed by atoms with Gasteiger partial charge in [0.15, 0.2) is 5.75 Å². The first kappa shape index (κ1) is 24.3. The maximum Gasteiger partial charge on any atom is 0.308 e. The fourth-order valence-electron chi connectivity index (χ4n) is 3.23. The average Bonchev–Trinajstić information content (AvgIpc) is 2.70. The molecule has 168 valence electrons. The van der Waals surface area contributed by atoms with Crippen molar-refractivity contribution in [3.05, 3.63) is 51.9 Å². The van der Waals surface area contributed by atoms with Gasteiger partial charge in [-0.05, 0) is 58.2 Å². The number of pyridine rings is 1. The largest absolute Gasteiger partial charge is 0.504 e. The molecular formula is C25H33NO5. The number of benzene rings is 1. The summed E-state index contributed by atoms with van der Waals surface area (Å²) in [5, 5.41) is 11.0. The Labute approximate surface area is 183 Å². The van der Waals surface area contributed by atoms with Crippen molar-refractivity contribution in [1.29, 1.82) is 0 Å². The van der Waals surface area contributed by atoms with E-state index in [1.807, 2.05) is 6.92 Å². The van der Waals surface area contributed by atoms with Crippen LogP contribution in [0.2, 0.25) is 0 Å². The SMILES string of the molecule is CCCCn1c(=O)c(OC(C)=O)c(O)c2ccc(OC/C=C(\C)CCC=C(C)C)cc21. The molecule has 0 fully saturated rings. The summed E-state index contributed by atoms with van der Waals surface area (Å²) in [7, 11) is 0. The number of ether oxygens (including phenoxy) is 2. The Bertz CT molecular complexity index is 1040. The third-order valence-electron chi connectivity index (χ3n) is 4.92. The van der Waals surface area contributed by atoms with Gasteiger partial charge in [0.2, 0.25) is 5.75 Å². The molecule has 1 aromatic carbocycles. The van der Waals surface area contributed by atoms with Crippen molar-refractivity contribution in [2.75, 3.05) is 6.61 Å². The van der Waals surface area contributed by atoms with Crippen LogP contribution in [-0.2, 0) is 11.3 Å². The highest BCUT2D eigenvalue weighted by Crippen LogP contribution is 2.33. The lowest BCUT2D eigenvalue weighted by Crippen LogP contribution is -2.24. The highest BCUT2D eigenvalue weighted by Gasteiger charge is 2.19. The van der Waals surface area contributed by atoms with Crippen LogP contribution in [0.1, 0.15) is 60.3 Å². The maximum absolute atomic E-state index is 12.9. The second-order valence-corrected chi connectivity index (χ2v) is 7.94. The van der Waals surface area contributed by atoms with Crippen LogP contribution in [-0.4, -0.2) is 22.2 Å². The standard InChI is InChI=1S/C25H33NO5/c1-6-7-14-26-22-16-20(30-15-13-18(4)10-8-9-17(2)3)11-12-21(22)23(28)24(25(26)29)31-19(5)27/h9,11-13,16,28H,6-8,10,14-15H2,1-5H3/b18-13+. The van der Waals surface area contributed by atoms with E-state index in [2.05, 4.69) is 32.9 Å². The lowest BCUT2D eigenvalue weighted by atomic mass is 10.1. The molecule has 1 N–H and O–H groups in total. The number of aromatic nitrogens is 1. The average molecular weight is 428 g/mol. The van der Waals surface area contributed by atoms with E-state index in [0.717, 1.165) is 25.7 Å². The first-order valence-corrected chi connectivity index (χ1v) is 10.7. The van der Waals surface area contributed by atoms with Crippen molar-refractivity contribution < 1.29 is 19.4 Å². The van der Waals surface area contributed by atoms with E-state index < -0.39 is 11.5 Å². The van der Waals surface area contributed by atoms with Gasteiger partial charge in [0.1, 0.15) is 12.4 Å². The lowest BCUT2D eigenvalue weighted by molar-refractivity contribution is -0.132. The summed E-state index contributed by atoms with van der Waals surface area (Å²) < 4.78 is 12.4. The predicted molar refractivity (Wildman–Crippen MR) is 124 cm³/mol. The second-order valence-electron chi connectivity index (χ2n) is 7.94. The molecule has 0 atom stereocenters. The normalized spacial score (nSPS) is 11.5. The van der Waals surface area contributed by atoms with E-state index in [1.165, 1.54) is 22.6 Å². The van der Waals surface area contributed by atoms with E-state index in [0.29, 0.717) is 29.8 Å². The number of rotatable bonds is 10. The van der Waals surface area contributed by atoms with Crippen LogP contribution in [0.25, 0.3) is 10.9 Å². The minimum atomic E-state index is -0.652. The quantitative estimate of drug-likeness (QED) is 0.400. The van der Waals surface area contributed by atoms with Crippen molar-refractivity contribution in [1.82, 2.24) is 4.57 Å². The Balaban J connectivity index is 2.32. The molecule has 0 aliphatic carbocycles. The third-order valence-corrected chi connectivity index (χ3v) is 4.92. The minimum absolute atomic E-state index is 0.329. The fraction of sp³-hybridized carbons (Fsp3) is 0.440. The second kappa shape index (κ2) is 11.4. The van der Waals surface area contributed by atoms with Crippen LogP contribution in [0.3, 0.4) is 0 Å². The Kier molecular flexibility index (Phi) is 8.91. The summed E-state index contributed by atoms with van der Waals surface area (Å²) in [6.45, 7) is 10.4. The maximum atomic E-state index is 12.9. The van der Waals surface area contributed by atoms with Crippen molar-refractivity contribution in [2.24, 2.45) is 0 Å². The molecule has 0 unspecified atom stereocenters. The van der Waals surface area contributed by atoms with Gasteiger partial charge in [-0.3, -0.25) is 9.59 Å². The van der Waals surface area contributed by atoms with Crippen molar-refractivity contribution in [2.45, 2.75) is 66.8 Å². The Morgan fingerprint density at radius 3 is 2.55 bits per heavy atom. The number of aryl methyl sites for hydroxylation is 1. The number of carbonyl (C=O) groups excluding carboxylic acids is 1. The third kappa shape index (κ3) is 6.74. The molecule has 31 heavy (non-hydrogen) atoms. The van der Waals surface area contributed by atoms with Crippen molar-refractivity contribution in [3.63, 3.8) is 0 Å². The van der Waals surface area contributed by atoms with E-state index in [1.54, 1.807) is 18.2 Å². The van der Waals surface area contributed by atoms with Crippen LogP contribution in [0.15, 0.2) is 46.3 Å². The summed E-state index contributed by atoms with van der Waals surface area (Å²) >= 11 is 0. The van der Waals surface area contributed by atoms with Gasteiger partial charge in [0.05, 0.1) is 5.52 Å². The van der Waals surface area contributed by atoms with Crippen LogP contribution in [0.4, 0.5) is 0 Å². The molecule has 6 nitrogen and oxygen atoms in total. The van der Waals surface area contributed by atoms with Gasteiger partial charge < -0.3 is 19.1 Å². The Hall–Kier alpha value is -3.02. The first-order chi connectivity index (χ1) is 14.7. The minimum Gasteiger partial charge on any atom is -0.504 e. The topological polar surface area (TPSA) is 77.8 Å². The van der Waals surface area contributed by atoms with E-state index in [9.17, 15) is 14.7 Å². The molecule has 0 saturated heterocycles. The summed E-state index contributed by atoms with van der Waals surface area (Å²) in [5.74, 6) is -0.713. The van der Waals surface area contributed by atoms with Crippen LogP contribution >= 0.6 is 0 Å². The molecule has 0 aliphatic heterocycles. The number of allylic oxidation sites excluding steroid dienone is 3. The van der Waals surface area contributed by atoms with Gasteiger partial charge in [0.25, 0.3) is 5.56 Å². The van der Waals surface area contributed by atoms with Crippen LogP contribution < -0.4 is 15.0 Å². The monoisotopic (exact) mass is 427 g/mol. The predicted octanol–water partition coefficient (Wildman–Crippen LogP) is 5.50. The zero-order chi connectivity index (χ0) is 23.0. The molecule has 1 aromatic heterocycles. The molecule has 0 saturated carbocycles. The number of carbonyl (C=O) groups is 1. The van der Waals surface area contributed by atoms with Crippen LogP contribution in [0.5, 0.6) is 17.2 Å². The van der Waals surface area contributed by atoms with Gasteiger partial charge in [-0.15, -0.1) is 0 Å². The number of nitrogens with zero attached hydrogens (tertiary/aromatic N) is 1. The Morgan fingerprint density at radius 2 is 1.90 bits per heavy atom. The van der Waals surface area contributed by atoms with Crippen molar-refractivity contribution in [3.8, 4) is 17.2 Å². The smallest absolute Gasteiger partial charge is 0.308 e. The molecule has 0 bridgehead atoms. The molecule has 2 aromatic rings. The molecular weight excluding hydrogens is 394 g/mol. The number of hydrogen-bond donors (Lipinski definition) is 1. The van der Waals surface area contributed by atoms with E-state index >= 15 is 0 Å². The summed E-state index contributed by atoms with van der Waals surface area (Å²) in [6, 6.07) is 5.16. The van der Waals surface area contributed by atoms with Gasteiger partial charge >= 0.3 is 5.97 Å². The molecule has 0 spiro atoms. The van der Waals surface area contributed by atoms with Crippen LogP contribution in [0, 0.1) is 0 Å². The molecule has 0 aliphatic rings. The van der Waals surface area contributed by atoms with Crippen molar-refractivity contribution >= 4 is 16.9 Å². The molecule has 2 rings (SSSR count). The number of hydrogen-bond acceptors (Lipinski definition) is 5. The van der Waals surface area contributed by atoms with E-state index in [-0.39, 0.29) is 11.5 Å². The number of aromatic hydroxyl groups is 1. The van der Waals surface area contributed by atoms with E-state index in [4.69, 9.17) is 9.47 Å².